The van der Waals surface area contributed by atoms with Gasteiger partial charge in [-0.2, -0.15) is 0 Å². The van der Waals surface area contributed by atoms with Crippen molar-refractivity contribution in [3.63, 3.8) is 0 Å². The van der Waals surface area contributed by atoms with Crippen molar-refractivity contribution in [2.75, 3.05) is 12.0 Å². The van der Waals surface area contributed by atoms with Crippen molar-refractivity contribution in [1.82, 2.24) is 19.6 Å². The van der Waals surface area contributed by atoms with E-state index in [2.05, 4.69) is 17.1 Å². The number of nitrogens with zero attached hydrogens (tertiary/aromatic N) is 4. The topological polar surface area (TPSA) is 60.2 Å². The molecule has 0 radical (unpaired) electrons. The number of carbonyl (C=O) groups is 1. The Hall–Kier alpha value is -1.61. The molecule has 0 bridgehead atoms. The van der Waals surface area contributed by atoms with E-state index in [1.165, 1.54) is 28.6 Å². The number of thiophene rings is 1. The van der Waals surface area contributed by atoms with Gasteiger partial charge >= 0.3 is 0 Å². The highest BCUT2D eigenvalue weighted by Gasteiger charge is 2.25. The van der Waals surface area contributed by atoms with Crippen LogP contribution >= 0.6 is 46.5 Å². The van der Waals surface area contributed by atoms with Crippen LogP contribution in [0.4, 0.5) is 0 Å². The zero-order valence-electron chi connectivity index (χ0n) is 16.5. The molecule has 1 aliphatic rings. The number of thioether (sulfide) groups is 2. The lowest BCUT2D eigenvalue weighted by molar-refractivity contribution is 0.102. The van der Waals surface area contributed by atoms with Gasteiger partial charge in [-0.1, -0.05) is 42.0 Å². The maximum atomic E-state index is 12.6. The van der Waals surface area contributed by atoms with Crippen molar-refractivity contribution >= 4 is 68.1 Å². The van der Waals surface area contributed by atoms with Gasteiger partial charge in [0.2, 0.25) is 0 Å². The molecule has 0 fully saturated rings. The van der Waals surface area contributed by atoms with Gasteiger partial charge < -0.3 is 0 Å². The van der Waals surface area contributed by atoms with E-state index < -0.39 is 0 Å². The zero-order valence-corrected chi connectivity index (χ0v) is 19.7. The normalized spacial score (nSPS) is 16.3. The van der Waals surface area contributed by atoms with Gasteiger partial charge in [0.25, 0.3) is 0 Å². The molecule has 4 aromatic rings. The Labute approximate surface area is 191 Å². The molecule has 1 aromatic carbocycles. The van der Waals surface area contributed by atoms with Crippen LogP contribution in [0, 0.1) is 5.92 Å². The number of Topliss-reactive ketones (excluding diaryl/α,β-unsaturated/α-hetero) is 1. The maximum Gasteiger partial charge on any atom is 0.198 e. The third-order valence-corrected chi connectivity index (χ3v) is 8.39. The molecule has 0 aliphatic heterocycles. The van der Waals surface area contributed by atoms with Crippen molar-refractivity contribution < 1.29 is 4.79 Å². The molecule has 0 N–H and O–H groups in total. The first kappa shape index (κ1) is 20.3. The van der Waals surface area contributed by atoms with E-state index in [1.54, 1.807) is 47.4 Å². The molecule has 0 saturated carbocycles. The molecule has 0 saturated heterocycles. The smallest absolute Gasteiger partial charge is 0.198 e. The van der Waals surface area contributed by atoms with Gasteiger partial charge in [-0.25, -0.2) is 9.38 Å². The van der Waals surface area contributed by atoms with Crippen LogP contribution in [-0.2, 0) is 12.8 Å². The molecule has 1 aliphatic carbocycles. The predicted octanol–water partition coefficient (Wildman–Crippen LogP) is 5.81. The fourth-order valence-electron chi connectivity index (χ4n) is 3.87. The fraction of sp³-hybridized carbons (Fsp3) is 0.333. The van der Waals surface area contributed by atoms with Crippen LogP contribution in [0.15, 0.2) is 34.6 Å². The van der Waals surface area contributed by atoms with E-state index in [0.717, 1.165) is 33.9 Å². The van der Waals surface area contributed by atoms with Gasteiger partial charge in [0.1, 0.15) is 4.83 Å². The van der Waals surface area contributed by atoms with E-state index in [9.17, 15) is 4.79 Å². The first-order chi connectivity index (χ1) is 14.5. The summed E-state index contributed by atoms with van der Waals surface area (Å²) in [5, 5.41) is 12.3. The second kappa shape index (κ2) is 8.15. The summed E-state index contributed by atoms with van der Waals surface area (Å²) in [5.41, 5.74) is 2.89. The van der Waals surface area contributed by atoms with Crippen LogP contribution in [0.2, 0.25) is 5.02 Å². The van der Waals surface area contributed by atoms with Gasteiger partial charge in [0, 0.05) is 15.5 Å². The minimum Gasteiger partial charge on any atom is -0.293 e. The minimum atomic E-state index is 0.0371. The van der Waals surface area contributed by atoms with Gasteiger partial charge in [0.15, 0.2) is 21.7 Å². The Kier molecular flexibility index (Phi) is 5.51. The van der Waals surface area contributed by atoms with E-state index >= 15 is 0 Å². The highest BCUT2D eigenvalue weighted by Crippen LogP contribution is 2.40. The lowest BCUT2D eigenvalue weighted by atomic mass is 9.89. The van der Waals surface area contributed by atoms with E-state index in [4.69, 9.17) is 16.6 Å². The zero-order chi connectivity index (χ0) is 20.8. The van der Waals surface area contributed by atoms with Gasteiger partial charge in [-0.3, -0.25) is 4.79 Å². The molecule has 3 heterocycles. The van der Waals surface area contributed by atoms with Gasteiger partial charge in [-0.15, -0.1) is 21.5 Å². The Balaban J connectivity index is 1.52. The van der Waals surface area contributed by atoms with E-state index in [-0.39, 0.29) is 11.5 Å². The summed E-state index contributed by atoms with van der Waals surface area (Å²) in [6.45, 7) is 2.31. The quantitative estimate of drug-likeness (QED) is 0.206. The molecule has 3 aromatic heterocycles. The molecule has 0 amide bonds. The standard InChI is InChI=1S/C21H19ClN4OS3/c1-11-3-8-14-16(9-11)30-19-17(14)18-24-25-21(26(18)20(23-19)28-2)29-10-15(27)12-4-6-13(22)7-5-12/h4-7,11H,3,8-10H2,1-2H3. The second-order valence-electron chi connectivity index (χ2n) is 7.49. The molecule has 1 atom stereocenters. The average Bonchev–Trinajstić information content (AvgIpc) is 3.32. The van der Waals surface area contributed by atoms with Crippen LogP contribution < -0.4 is 0 Å². The largest absolute Gasteiger partial charge is 0.293 e. The van der Waals surface area contributed by atoms with Crippen molar-refractivity contribution in [2.45, 2.75) is 36.5 Å². The van der Waals surface area contributed by atoms with Crippen LogP contribution in [0.3, 0.4) is 0 Å². The molecule has 5 rings (SSSR count). The summed E-state index contributed by atoms with van der Waals surface area (Å²) in [5.74, 6) is 1.03. The van der Waals surface area contributed by atoms with Crippen LogP contribution in [0.25, 0.3) is 15.9 Å². The Morgan fingerprint density at radius 3 is 2.83 bits per heavy atom. The van der Waals surface area contributed by atoms with Gasteiger partial charge in [-0.05, 0) is 61.3 Å². The monoisotopic (exact) mass is 474 g/mol. The Morgan fingerprint density at radius 1 is 1.27 bits per heavy atom. The lowest BCUT2D eigenvalue weighted by Gasteiger charge is -2.17. The summed E-state index contributed by atoms with van der Waals surface area (Å²) in [4.78, 5) is 20.0. The highest BCUT2D eigenvalue weighted by molar-refractivity contribution is 8.00. The Morgan fingerprint density at radius 2 is 2.07 bits per heavy atom. The number of aryl methyl sites for hydroxylation is 1. The number of ketones is 1. The molecular weight excluding hydrogens is 456 g/mol. The SMILES string of the molecule is CSc1nc2sc3c(c2c2nnc(SCC(=O)c4ccc(Cl)cc4)n12)CCC(C)C3. The summed E-state index contributed by atoms with van der Waals surface area (Å²) in [6.07, 6.45) is 5.39. The van der Waals surface area contributed by atoms with Crippen molar-refractivity contribution in [2.24, 2.45) is 5.92 Å². The first-order valence-electron chi connectivity index (χ1n) is 9.70. The minimum absolute atomic E-state index is 0.0371. The molecule has 154 valence electrons. The molecule has 9 heteroatoms. The number of hydrogen-bond acceptors (Lipinski definition) is 7. The second-order valence-corrected chi connectivity index (χ2v) is 10.7. The number of halogens is 1. The summed E-state index contributed by atoms with van der Waals surface area (Å²) < 4.78 is 2.01. The van der Waals surface area contributed by atoms with Crippen molar-refractivity contribution in [1.29, 1.82) is 0 Å². The summed E-state index contributed by atoms with van der Waals surface area (Å²) >= 11 is 10.7. The molecule has 5 nitrogen and oxygen atoms in total. The lowest BCUT2D eigenvalue weighted by Crippen LogP contribution is -2.08. The van der Waals surface area contributed by atoms with Crippen molar-refractivity contribution in [3.8, 4) is 0 Å². The van der Waals surface area contributed by atoms with Crippen LogP contribution in [0.5, 0.6) is 0 Å². The van der Waals surface area contributed by atoms with Crippen molar-refractivity contribution in [3.05, 3.63) is 45.3 Å². The number of rotatable bonds is 5. The summed E-state index contributed by atoms with van der Waals surface area (Å²) in [7, 11) is 0. The van der Waals surface area contributed by atoms with Crippen LogP contribution in [0.1, 0.15) is 34.1 Å². The molecule has 1 unspecified atom stereocenters. The fourth-order valence-corrected chi connectivity index (χ4v) is 6.85. The number of benzene rings is 1. The highest BCUT2D eigenvalue weighted by atomic mass is 35.5. The Bertz CT molecular complexity index is 1270. The third-order valence-electron chi connectivity index (χ3n) is 5.42. The van der Waals surface area contributed by atoms with Gasteiger partial charge in [0.05, 0.1) is 11.1 Å². The van der Waals surface area contributed by atoms with E-state index in [0.29, 0.717) is 21.7 Å². The molecule has 30 heavy (non-hydrogen) atoms. The number of carbonyl (C=O) groups excluding carboxylic acids is 1. The number of hydrogen-bond donors (Lipinski definition) is 0. The summed E-state index contributed by atoms with van der Waals surface area (Å²) in [6, 6.07) is 6.98. The molecule has 0 spiro atoms. The number of fused-ring (bicyclic) bond motifs is 5. The van der Waals surface area contributed by atoms with Crippen LogP contribution in [-0.4, -0.2) is 37.4 Å². The maximum absolute atomic E-state index is 12.6. The molecular formula is C21H19ClN4OS3. The predicted molar refractivity (Wildman–Crippen MR) is 126 cm³/mol. The first-order valence-corrected chi connectivity index (χ1v) is 13.1. The third kappa shape index (κ3) is 3.53. The number of aromatic nitrogens is 4. The average molecular weight is 475 g/mol. The van der Waals surface area contributed by atoms with E-state index in [1.807, 2.05) is 10.7 Å².